The highest BCUT2D eigenvalue weighted by Gasteiger charge is 2.34. The molecule has 1 aliphatic heterocycles. The number of methoxy groups -OCH3 is 1. The van der Waals surface area contributed by atoms with E-state index in [-0.39, 0.29) is 5.91 Å². The van der Waals surface area contributed by atoms with Gasteiger partial charge in [-0.1, -0.05) is 59.2 Å². The molecule has 4 aromatic rings. The standard InChI is InChI=1S/C29H30N6O3/c1-18-10-12-23(19(2)16-18)31-28(36)26-20(3)30-29-32-33-34-35(29)27(26)22-11-13-24(25(17-22)37-4)38-15-14-21-8-6-5-7-9-21/h5-13,16-17,27H,14-15H2,1-4H3,(H,31,36)(H,30,32,34). The number of benzene rings is 3. The number of amides is 1. The van der Waals surface area contributed by atoms with Crippen LogP contribution >= 0.6 is 0 Å². The van der Waals surface area contributed by atoms with Crippen molar-refractivity contribution >= 4 is 17.5 Å². The molecular formula is C29H30N6O3. The molecule has 0 radical (unpaired) electrons. The van der Waals surface area contributed by atoms with Crippen LogP contribution in [-0.2, 0) is 11.2 Å². The Morgan fingerprint density at radius 2 is 1.84 bits per heavy atom. The molecule has 2 heterocycles. The van der Waals surface area contributed by atoms with Crippen LogP contribution in [0.5, 0.6) is 11.5 Å². The lowest BCUT2D eigenvalue weighted by Gasteiger charge is -2.28. The highest BCUT2D eigenvalue weighted by Crippen LogP contribution is 2.38. The molecule has 194 valence electrons. The molecule has 9 heteroatoms. The molecule has 2 N–H and O–H groups in total. The van der Waals surface area contributed by atoms with Crippen molar-refractivity contribution in [1.29, 1.82) is 0 Å². The summed E-state index contributed by atoms with van der Waals surface area (Å²) in [4.78, 5) is 13.7. The number of ether oxygens (including phenoxy) is 2. The van der Waals surface area contributed by atoms with Gasteiger partial charge < -0.3 is 20.1 Å². The van der Waals surface area contributed by atoms with Gasteiger partial charge in [0.25, 0.3) is 5.91 Å². The number of carbonyl (C=O) groups excluding carboxylic acids is 1. The first-order chi connectivity index (χ1) is 18.4. The smallest absolute Gasteiger partial charge is 0.255 e. The molecule has 0 spiro atoms. The third-order valence-electron chi connectivity index (χ3n) is 6.58. The molecule has 1 aliphatic rings. The van der Waals surface area contributed by atoms with Crippen LogP contribution in [0, 0.1) is 13.8 Å². The Morgan fingerprint density at radius 1 is 1.03 bits per heavy atom. The van der Waals surface area contributed by atoms with Gasteiger partial charge in [0.1, 0.15) is 6.04 Å². The maximum absolute atomic E-state index is 13.7. The van der Waals surface area contributed by atoms with Crippen LogP contribution in [0.2, 0.25) is 0 Å². The summed E-state index contributed by atoms with van der Waals surface area (Å²) in [7, 11) is 1.60. The minimum atomic E-state index is -0.570. The second kappa shape index (κ2) is 10.8. The second-order valence-electron chi connectivity index (χ2n) is 9.28. The van der Waals surface area contributed by atoms with Gasteiger partial charge in [-0.15, -0.1) is 0 Å². The summed E-state index contributed by atoms with van der Waals surface area (Å²) >= 11 is 0. The van der Waals surface area contributed by atoms with E-state index in [4.69, 9.17) is 9.47 Å². The van der Waals surface area contributed by atoms with Gasteiger partial charge in [0.2, 0.25) is 5.95 Å². The van der Waals surface area contributed by atoms with Gasteiger partial charge >= 0.3 is 0 Å². The average molecular weight is 511 g/mol. The van der Waals surface area contributed by atoms with Crippen LogP contribution < -0.4 is 20.1 Å². The van der Waals surface area contributed by atoms with Gasteiger partial charge in [-0.2, -0.15) is 4.68 Å². The maximum atomic E-state index is 13.7. The molecule has 0 fully saturated rings. The number of aromatic nitrogens is 4. The normalized spacial score (nSPS) is 14.5. The Kier molecular flexibility index (Phi) is 7.08. The van der Waals surface area contributed by atoms with Crippen molar-refractivity contribution in [2.24, 2.45) is 0 Å². The third kappa shape index (κ3) is 5.08. The van der Waals surface area contributed by atoms with E-state index in [9.17, 15) is 4.79 Å². The van der Waals surface area contributed by atoms with Crippen molar-refractivity contribution < 1.29 is 14.3 Å². The predicted octanol–water partition coefficient (Wildman–Crippen LogP) is 4.85. The fourth-order valence-electron chi connectivity index (χ4n) is 4.66. The monoisotopic (exact) mass is 510 g/mol. The first-order valence-electron chi connectivity index (χ1n) is 12.4. The molecule has 0 aliphatic carbocycles. The van der Waals surface area contributed by atoms with Crippen LogP contribution in [-0.4, -0.2) is 39.8 Å². The van der Waals surface area contributed by atoms with Crippen LogP contribution in [0.4, 0.5) is 11.6 Å². The number of allylic oxidation sites excluding steroid dienone is 1. The SMILES string of the molecule is COc1cc(C2C(C(=O)Nc3ccc(C)cc3C)=C(C)Nc3nnnn32)ccc1OCCc1ccccc1. The molecule has 0 saturated heterocycles. The molecule has 0 bridgehead atoms. The fraction of sp³-hybridized carbons (Fsp3) is 0.241. The first-order valence-corrected chi connectivity index (χ1v) is 12.4. The Morgan fingerprint density at radius 3 is 2.61 bits per heavy atom. The minimum absolute atomic E-state index is 0.241. The Bertz CT molecular complexity index is 1500. The van der Waals surface area contributed by atoms with Crippen molar-refractivity contribution in [2.75, 3.05) is 24.4 Å². The van der Waals surface area contributed by atoms with Crippen molar-refractivity contribution in [3.63, 3.8) is 0 Å². The molecule has 1 aromatic heterocycles. The van der Waals surface area contributed by atoms with Gasteiger partial charge in [-0.05, 0) is 66.1 Å². The van der Waals surface area contributed by atoms with E-state index >= 15 is 0 Å². The summed E-state index contributed by atoms with van der Waals surface area (Å²) in [6.45, 7) is 6.35. The summed E-state index contributed by atoms with van der Waals surface area (Å²) in [5.41, 5.74) is 6.03. The van der Waals surface area contributed by atoms with E-state index < -0.39 is 6.04 Å². The summed E-state index contributed by atoms with van der Waals surface area (Å²) < 4.78 is 13.3. The molecule has 1 amide bonds. The van der Waals surface area contributed by atoms with Gasteiger partial charge in [0.15, 0.2) is 11.5 Å². The van der Waals surface area contributed by atoms with Gasteiger partial charge in [-0.25, -0.2) is 0 Å². The van der Waals surface area contributed by atoms with Crippen LogP contribution in [0.15, 0.2) is 78.0 Å². The van der Waals surface area contributed by atoms with Crippen LogP contribution in [0.3, 0.4) is 0 Å². The zero-order valence-electron chi connectivity index (χ0n) is 21.9. The van der Waals surface area contributed by atoms with E-state index in [1.165, 1.54) is 5.56 Å². The summed E-state index contributed by atoms with van der Waals surface area (Å²) in [5.74, 6) is 1.41. The van der Waals surface area contributed by atoms with Crippen molar-refractivity contribution in [3.05, 3.63) is 100 Å². The third-order valence-corrected chi connectivity index (χ3v) is 6.58. The van der Waals surface area contributed by atoms with Crippen LogP contribution in [0.25, 0.3) is 0 Å². The molecule has 38 heavy (non-hydrogen) atoms. The Hall–Kier alpha value is -4.66. The molecule has 0 saturated carbocycles. The maximum Gasteiger partial charge on any atom is 0.255 e. The van der Waals surface area contributed by atoms with E-state index in [2.05, 4.69) is 38.3 Å². The van der Waals surface area contributed by atoms with Gasteiger partial charge in [0, 0.05) is 17.8 Å². The highest BCUT2D eigenvalue weighted by atomic mass is 16.5. The number of rotatable bonds is 8. The molecule has 3 aromatic carbocycles. The Labute approximate surface area is 221 Å². The number of carbonyl (C=O) groups is 1. The topological polar surface area (TPSA) is 103 Å². The molecule has 5 rings (SSSR count). The van der Waals surface area contributed by atoms with E-state index in [1.54, 1.807) is 11.8 Å². The van der Waals surface area contributed by atoms with Crippen LogP contribution in [0.1, 0.15) is 35.2 Å². The lowest BCUT2D eigenvalue weighted by molar-refractivity contribution is -0.113. The number of hydrogen-bond acceptors (Lipinski definition) is 7. The second-order valence-corrected chi connectivity index (χ2v) is 9.28. The lowest BCUT2D eigenvalue weighted by atomic mass is 9.94. The van der Waals surface area contributed by atoms with Crippen molar-refractivity contribution in [1.82, 2.24) is 20.2 Å². The first kappa shape index (κ1) is 25.0. The fourth-order valence-corrected chi connectivity index (χ4v) is 4.66. The zero-order valence-corrected chi connectivity index (χ0v) is 21.9. The summed E-state index contributed by atoms with van der Waals surface area (Å²) in [5, 5.41) is 18.3. The van der Waals surface area contributed by atoms with Gasteiger partial charge in [-0.3, -0.25) is 4.79 Å². The number of tetrazole rings is 1. The predicted molar refractivity (Wildman–Crippen MR) is 145 cm³/mol. The molecule has 1 atom stereocenters. The van der Waals surface area contributed by atoms with Crippen molar-refractivity contribution in [2.45, 2.75) is 33.2 Å². The average Bonchev–Trinajstić information content (AvgIpc) is 3.38. The summed E-state index contributed by atoms with van der Waals surface area (Å²) in [6, 6.07) is 21.2. The van der Waals surface area contributed by atoms with E-state index in [1.807, 2.05) is 75.4 Å². The number of anilines is 2. The number of nitrogens with one attached hydrogen (secondary N) is 2. The number of hydrogen-bond donors (Lipinski definition) is 2. The number of aryl methyl sites for hydroxylation is 2. The minimum Gasteiger partial charge on any atom is -0.493 e. The molecule has 1 unspecified atom stereocenters. The van der Waals surface area contributed by atoms with E-state index in [0.717, 1.165) is 28.8 Å². The largest absolute Gasteiger partial charge is 0.493 e. The lowest BCUT2D eigenvalue weighted by Crippen LogP contribution is -2.31. The van der Waals surface area contributed by atoms with Gasteiger partial charge in [0.05, 0.1) is 19.3 Å². The zero-order chi connectivity index (χ0) is 26.6. The Balaban J connectivity index is 1.44. The highest BCUT2D eigenvalue weighted by molar-refractivity contribution is 6.06. The van der Waals surface area contributed by atoms with Crippen molar-refractivity contribution in [3.8, 4) is 11.5 Å². The molecular weight excluding hydrogens is 480 g/mol. The number of nitrogens with zero attached hydrogens (tertiary/aromatic N) is 4. The molecule has 9 nitrogen and oxygen atoms in total. The quantitative estimate of drug-likeness (QED) is 0.349. The summed E-state index contributed by atoms with van der Waals surface area (Å²) in [6.07, 6.45) is 0.776. The number of fused-ring (bicyclic) bond motifs is 1. The van der Waals surface area contributed by atoms with E-state index in [0.29, 0.717) is 35.3 Å².